The zero-order valence-corrected chi connectivity index (χ0v) is 11.5. The van der Waals surface area contributed by atoms with Gasteiger partial charge in [0.05, 0.1) is 0 Å². The Balaban J connectivity index is 2.07. The van der Waals surface area contributed by atoms with Crippen molar-refractivity contribution in [2.45, 2.75) is 0 Å². The SMILES string of the molecule is N=Cc1ccc(/C=C/c2cccc(O)c2)c2ccccc12. The molecule has 21 heavy (non-hydrogen) atoms. The van der Waals surface area contributed by atoms with Gasteiger partial charge in [-0.1, -0.05) is 60.7 Å². The Labute approximate surface area is 123 Å². The molecule has 0 unspecified atom stereocenters. The molecule has 3 aromatic carbocycles. The van der Waals surface area contributed by atoms with E-state index in [1.807, 2.05) is 54.6 Å². The summed E-state index contributed by atoms with van der Waals surface area (Å²) in [5.41, 5.74) is 2.97. The van der Waals surface area contributed by atoms with Crippen LogP contribution in [0, 0.1) is 5.41 Å². The maximum absolute atomic E-state index is 9.49. The van der Waals surface area contributed by atoms with Crippen LogP contribution in [0.15, 0.2) is 60.7 Å². The Hall–Kier alpha value is -2.87. The molecule has 0 saturated heterocycles. The highest BCUT2D eigenvalue weighted by atomic mass is 16.3. The van der Waals surface area contributed by atoms with Crippen molar-refractivity contribution < 1.29 is 5.11 Å². The minimum absolute atomic E-state index is 0.265. The summed E-state index contributed by atoms with van der Waals surface area (Å²) in [5, 5.41) is 19.2. The van der Waals surface area contributed by atoms with E-state index >= 15 is 0 Å². The highest BCUT2D eigenvalue weighted by Gasteiger charge is 2.01. The van der Waals surface area contributed by atoms with E-state index in [0.717, 1.165) is 27.5 Å². The van der Waals surface area contributed by atoms with Crippen LogP contribution in [0.25, 0.3) is 22.9 Å². The average Bonchev–Trinajstić information content (AvgIpc) is 2.52. The number of nitrogens with one attached hydrogen (secondary N) is 1. The van der Waals surface area contributed by atoms with E-state index in [0.29, 0.717) is 0 Å². The largest absolute Gasteiger partial charge is 0.508 e. The molecule has 2 heteroatoms. The molecular weight excluding hydrogens is 258 g/mol. The summed E-state index contributed by atoms with van der Waals surface area (Å²) in [7, 11) is 0. The lowest BCUT2D eigenvalue weighted by Crippen LogP contribution is -1.86. The van der Waals surface area contributed by atoms with Gasteiger partial charge in [0.25, 0.3) is 0 Å². The summed E-state index contributed by atoms with van der Waals surface area (Å²) in [6.45, 7) is 0. The van der Waals surface area contributed by atoms with Gasteiger partial charge in [0.2, 0.25) is 0 Å². The molecule has 0 amide bonds. The lowest BCUT2D eigenvalue weighted by atomic mass is 9.99. The van der Waals surface area contributed by atoms with Crippen molar-refractivity contribution in [3.63, 3.8) is 0 Å². The first-order valence-electron chi connectivity index (χ1n) is 6.77. The van der Waals surface area contributed by atoms with Crippen molar-refractivity contribution >= 4 is 29.1 Å². The molecule has 2 N–H and O–H groups in total. The van der Waals surface area contributed by atoms with Crippen LogP contribution in [0.3, 0.4) is 0 Å². The quantitative estimate of drug-likeness (QED) is 0.526. The van der Waals surface area contributed by atoms with Crippen molar-refractivity contribution in [3.05, 3.63) is 77.4 Å². The van der Waals surface area contributed by atoms with Crippen molar-refractivity contribution in [3.8, 4) is 5.75 Å². The maximum atomic E-state index is 9.49. The molecule has 0 aliphatic carbocycles. The number of aromatic hydroxyl groups is 1. The number of rotatable bonds is 3. The molecule has 2 nitrogen and oxygen atoms in total. The van der Waals surface area contributed by atoms with Gasteiger partial charge in [-0.25, -0.2) is 0 Å². The fourth-order valence-electron chi connectivity index (χ4n) is 2.43. The van der Waals surface area contributed by atoms with Gasteiger partial charge in [-0.05, 0) is 39.6 Å². The van der Waals surface area contributed by atoms with Crippen LogP contribution in [0.2, 0.25) is 0 Å². The number of fused-ring (bicyclic) bond motifs is 1. The second kappa shape index (κ2) is 5.63. The number of phenols is 1. The third-order valence-electron chi connectivity index (χ3n) is 3.47. The Bertz CT molecular complexity index is 834. The molecule has 0 aliphatic rings. The summed E-state index contributed by atoms with van der Waals surface area (Å²) in [4.78, 5) is 0. The minimum Gasteiger partial charge on any atom is -0.508 e. The predicted molar refractivity (Wildman–Crippen MR) is 88.9 cm³/mol. The lowest BCUT2D eigenvalue weighted by Gasteiger charge is -2.05. The van der Waals surface area contributed by atoms with Crippen LogP contribution in [0.1, 0.15) is 16.7 Å². The molecule has 3 rings (SSSR count). The van der Waals surface area contributed by atoms with Crippen LogP contribution >= 0.6 is 0 Å². The number of benzene rings is 3. The first-order chi connectivity index (χ1) is 10.3. The molecule has 0 saturated carbocycles. The Morgan fingerprint density at radius 2 is 1.48 bits per heavy atom. The molecule has 0 aliphatic heterocycles. The van der Waals surface area contributed by atoms with Crippen LogP contribution in [0.5, 0.6) is 5.75 Å². The Morgan fingerprint density at radius 3 is 2.19 bits per heavy atom. The van der Waals surface area contributed by atoms with Gasteiger partial charge >= 0.3 is 0 Å². The first-order valence-corrected chi connectivity index (χ1v) is 6.77. The molecule has 0 radical (unpaired) electrons. The second-order valence-corrected chi connectivity index (χ2v) is 4.86. The van der Waals surface area contributed by atoms with Gasteiger partial charge in [-0.3, -0.25) is 0 Å². The van der Waals surface area contributed by atoms with Gasteiger partial charge in [-0.15, -0.1) is 0 Å². The molecular formula is C19H15NO. The van der Waals surface area contributed by atoms with Crippen LogP contribution in [-0.4, -0.2) is 11.3 Å². The molecule has 0 atom stereocenters. The second-order valence-electron chi connectivity index (χ2n) is 4.86. The fraction of sp³-hybridized carbons (Fsp3) is 0. The Morgan fingerprint density at radius 1 is 0.762 bits per heavy atom. The fourth-order valence-corrected chi connectivity index (χ4v) is 2.43. The number of hydrogen-bond donors (Lipinski definition) is 2. The van der Waals surface area contributed by atoms with Crippen molar-refractivity contribution in [1.29, 1.82) is 5.41 Å². The lowest BCUT2D eigenvalue weighted by molar-refractivity contribution is 0.475. The molecule has 0 aromatic heterocycles. The van der Waals surface area contributed by atoms with Crippen molar-refractivity contribution in [1.82, 2.24) is 0 Å². The number of hydrogen-bond acceptors (Lipinski definition) is 2. The van der Waals surface area contributed by atoms with Crippen molar-refractivity contribution in [2.24, 2.45) is 0 Å². The summed E-state index contributed by atoms with van der Waals surface area (Å²) < 4.78 is 0. The minimum atomic E-state index is 0.265. The topological polar surface area (TPSA) is 44.1 Å². The summed E-state index contributed by atoms with van der Waals surface area (Å²) in [6.07, 6.45) is 5.39. The van der Waals surface area contributed by atoms with Crippen LogP contribution in [-0.2, 0) is 0 Å². The monoisotopic (exact) mass is 273 g/mol. The third kappa shape index (κ3) is 2.70. The highest BCUT2D eigenvalue weighted by molar-refractivity contribution is 6.03. The highest BCUT2D eigenvalue weighted by Crippen LogP contribution is 2.24. The van der Waals surface area contributed by atoms with E-state index < -0.39 is 0 Å². The van der Waals surface area contributed by atoms with Gasteiger partial charge in [0.15, 0.2) is 0 Å². The van der Waals surface area contributed by atoms with Gasteiger partial charge < -0.3 is 10.5 Å². The van der Waals surface area contributed by atoms with E-state index in [-0.39, 0.29) is 5.75 Å². The number of phenolic OH excluding ortho intramolecular Hbond substituents is 1. The zero-order chi connectivity index (χ0) is 14.7. The summed E-state index contributed by atoms with van der Waals surface area (Å²) in [5.74, 6) is 0.265. The Kier molecular flexibility index (Phi) is 3.52. The van der Waals surface area contributed by atoms with Gasteiger partial charge in [0.1, 0.15) is 5.75 Å². The first kappa shape index (κ1) is 13.1. The summed E-state index contributed by atoms with van der Waals surface area (Å²) >= 11 is 0. The zero-order valence-electron chi connectivity index (χ0n) is 11.5. The van der Waals surface area contributed by atoms with E-state index in [4.69, 9.17) is 5.41 Å². The van der Waals surface area contributed by atoms with Gasteiger partial charge in [-0.2, -0.15) is 0 Å². The predicted octanol–water partition coefficient (Wildman–Crippen LogP) is 4.71. The molecule has 0 spiro atoms. The van der Waals surface area contributed by atoms with E-state index in [2.05, 4.69) is 6.07 Å². The third-order valence-corrected chi connectivity index (χ3v) is 3.47. The van der Waals surface area contributed by atoms with Crippen LogP contribution in [0.4, 0.5) is 0 Å². The van der Waals surface area contributed by atoms with Crippen LogP contribution < -0.4 is 0 Å². The van der Waals surface area contributed by atoms with Crippen molar-refractivity contribution in [2.75, 3.05) is 0 Å². The molecule has 0 fully saturated rings. The van der Waals surface area contributed by atoms with Gasteiger partial charge in [0, 0.05) is 6.21 Å². The molecule has 3 aromatic rings. The average molecular weight is 273 g/mol. The maximum Gasteiger partial charge on any atom is 0.116 e. The molecule has 0 bridgehead atoms. The smallest absolute Gasteiger partial charge is 0.116 e. The molecule has 0 heterocycles. The summed E-state index contributed by atoms with van der Waals surface area (Å²) in [6, 6.07) is 19.2. The van der Waals surface area contributed by atoms with E-state index in [9.17, 15) is 5.11 Å². The van der Waals surface area contributed by atoms with E-state index in [1.54, 1.807) is 12.1 Å². The molecule has 102 valence electrons. The van der Waals surface area contributed by atoms with E-state index in [1.165, 1.54) is 6.21 Å². The standard InChI is InChI=1S/C19H15NO/c20-13-16-11-10-15(18-6-1-2-7-19(16)18)9-8-14-4-3-5-17(21)12-14/h1-13,20-21H/b9-8+,20-13?. The normalized spacial score (nSPS) is 11.0.